The molecule has 0 saturated carbocycles. The van der Waals surface area contributed by atoms with Gasteiger partial charge in [0.05, 0.1) is 5.01 Å². The molecule has 0 bridgehead atoms. The van der Waals surface area contributed by atoms with Crippen LogP contribution in [0, 0.1) is 12.8 Å². The molecule has 5 heteroatoms. The number of aryl methyl sites for hydroxylation is 2. The van der Waals surface area contributed by atoms with Crippen molar-refractivity contribution in [3.05, 3.63) is 16.1 Å². The quantitative estimate of drug-likeness (QED) is 0.418. The number of unbranched alkanes of at least 4 members (excludes halogenated alkanes) is 1. The van der Waals surface area contributed by atoms with Crippen LogP contribution < -0.4 is 10.6 Å². The third kappa shape index (κ3) is 7.46. The number of guanidine groups is 1. The van der Waals surface area contributed by atoms with Gasteiger partial charge in [-0.3, -0.25) is 4.99 Å². The van der Waals surface area contributed by atoms with E-state index >= 15 is 0 Å². The fourth-order valence-electron chi connectivity index (χ4n) is 2.16. The highest BCUT2D eigenvalue weighted by molar-refractivity contribution is 7.09. The Hall–Kier alpha value is -1.10. The van der Waals surface area contributed by atoms with Gasteiger partial charge in [-0.05, 0) is 32.1 Å². The first kappa shape index (κ1) is 18.0. The molecule has 0 unspecified atom stereocenters. The van der Waals surface area contributed by atoms with Gasteiger partial charge in [0.1, 0.15) is 0 Å². The highest BCUT2D eigenvalue weighted by Crippen LogP contribution is 2.11. The van der Waals surface area contributed by atoms with Crippen LogP contribution in [0.25, 0.3) is 0 Å². The lowest BCUT2D eigenvalue weighted by atomic mass is 10.0. The zero-order valence-electron chi connectivity index (χ0n) is 13.9. The van der Waals surface area contributed by atoms with E-state index in [0.29, 0.717) is 0 Å². The summed E-state index contributed by atoms with van der Waals surface area (Å²) in [5, 5.41) is 10.2. The van der Waals surface area contributed by atoms with Crippen LogP contribution >= 0.6 is 11.3 Å². The second-order valence-corrected chi connectivity index (χ2v) is 6.34. The summed E-state index contributed by atoms with van der Waals surface area (Å²) in [5.41, 5.74) is 1.14. The number of aromatic nitrogens is 1. The first-order valence-corrected chi connectivity index (χ1v) is 8.93. The second-order valence-electron chi connectivity index (χ2n) is 5.40. The minimum Gasteiger partial charge on any atom is -0.356 e. The molecule has 21 heavy (non-hydrogen) atoms. The van der Waals surface area contributed by atoms with Crippen molar-refractivity contribution in [1.29, 1.82) is 0 Å². The fraction of sp³-hybridized carbons (Fsp3) is 0.750. The summed E-state index contributed by atoms with van der Waals surface area (Å²) in [6, 6.07) is 0. The average molecular weight is 311 g/mol. The number of aliphatic imine (C=N–C) groups is 1. The summed E-state index contributed by atoms with van der Waals surface area (Å²) < 4.78 is 0. The van der Waals surface area contributed by atoms with Gasteiger partial charge in [0, 0.05) is 31.2 Å². The highest BCUT2D eigenvalue weighted by atomic mass is 32.1. The van der Waals surface area contributed by atoms with Crippen molar-refractivity contribution in [2.24, 2.45) is 10.9 Å². The van der Waals surface area contributed by atoms with E-state index in [1.54, 1.807) is 11.3 Å². The number of rotatable bonds is 9. The Kier molecular flexibility index (Phi) is 9.06. The van der Waals surface area contributed by atoms with Crippen molar-refractivity contribution in [2.45, 2.75) is 52.9 Å². The lowest BCUT2D eigenvalue weighted by Gasteiger charge is -2.16. The molecule has 1 aromatic rings. The maximum absolute atomic E-state index is 4.49. The highest BCUT2D eigenvalue weighted by Gasteiger charge is 2.04. The van der Waals surface area contributed by atoms with Crippen LogP contribution in [0.1, 0.15) is 50.2 Å². The molecule has 1 aromatic heterocycles. The first-order valence-electron chi connectivity index (χ1n) is 8.05. The van der Waals surface area contributed by atoms with Gasteiger partial charge in [-0.15, -0.1) is 11.3 Å². The Morgan fingerprint density at radius 2 is 2.05 bits per heavy atom. The van der Waals surface area contributed by atoms with E-state index in [1.165, 1.54) is 24.3 Å². The number of nitrogens with one attached hydrogen (secondary N) is 2. The Morgan fingerprint density at radius 3 is 2.62 bits per heavy atom. The van der Waals surface area contributed by atoms with Gasteiger partial charge in [-0.25, -0.2) is 4.98 Å². The topological polar surface area (TPSA) is 49.3 Å². The molecule has 1 heterocycles. The molecular formula is C16H30N4S. The van der Waals surface area contributed by atoms with Crippen LogP contribution in [0.3, 0.4) is 0 Å². The average Bonchev–Trinajstić information content (AvgIpc) is 2.91. The van der Waals surface area contributed by atoms with Gasteiger partial charge in [-0.1, -0.05) is 26.7 Å². The number of hydrogen-bond acceptors (Lipinski definition) is 3. The minimum absolute atomic E-state index is 0.733. The maximum Gasteiger partial charge on any atom is 0.190 e. The molecule has 4 nitrogen and oxygen atoms in total. The summed E-state index contributed by atoms with van der Waals surface area (Å²) in [7, 11) is 1.83. The van der Waals surface area contributed by atoms with E-state index in [9.17, 15) is 0 Å². The molecule has 0 saturated heterocycles. The lowest BCUT2D eigenvalue weighted by Crippen LogP contribution is -2.40. The van der Waals surface area contributed by atoms with Crippen molar-refractivity contribution < 1.29 is 0 Å². The summed E-state index contributed by atoms with van der Waals surface area (Å²) in [6.07, 6.45) is 5.83. The Morgan fingerprint density at radius 1 is 1.29 bits per heavy atom. The van der Waals surface area contributed by atoms with Gasteiger partial charge >= 0.3 is 0 Å². The first-order chi connectivity index (χ1) is 10.2. The Balaban J connectivity index is 2.12. The smallest absolute Gasteiger partial charge is 0.190 e. The summed E-state index contributed by atoms with van der Waals surface area (Å²) in [6.45, 7) is 8.51. The van der Waals surface area contributed by atoms with E-state index in [-0.39, 0.29) is 0 Å². The molecular weight excluding hydrogens is 280 g/mol. The van der Waals surface area contributed by atoms with Gasteiger partial charge in [-0.2, -0.15) is 0 Å². The van der Waals surface area contributed by atoms with Crippen LogP contribution in [0.5, 0.6) is 0 Å². The normalized spacial score (nSPS) is 12.0. The molecule has 0 aliphatic rings. The molecule has 0 radical (unpaired) electrons. The molecule has 0 amide bonds. The molecule has 0 fully saturated rings. The number of hydrogen-bond donors (Lipinski definition) is 2. The summed E-state index contributed by atoms with van der Waals surface area (Å²) >= 11 is 1.77. The standard InChI is InChI=1S/C16H30N4S/c1-5-14(6-2)11-19-16(17-4)18-10-8-7-9-15-20-13(3)12-21-15/h12,14H,5-11H2,1-4H3,(H2,17,18,19). The second kappa shape index (κ2) is 10.6. The lowest BCUT2D eigenvalue weighted by molar-refractivity contribution is 0.481. The molecule has 0 atom stereocenters. The zero-order valence-corrected chi connectivity index (χ0v) is 14.7. The molecule has 1 rings (SSSR count). The largest absolute Gasteiger partial charge is 0.356 e. The number of thiazole rings is 1. The van der Waals surface area contributed by atoms with Crippen LogP contribution in [0.4, 0.5) is 0 Å². The van der Waals surface area contributed by atoms with Gasteiger partial charge in [0.15, 0.2) is 5.96 Å². The van der Waals surface area contributed by atoms with Crippen LogP contribution in [0.15, 0.2) is 10.4 Å². The molecule has 0 aliphatic heterocycles. The van der Waals surface area contributed by atoms with Crippen molar-refractivity contribution in [1.82, 2.24) is 15.6 Å². The third-order valence-electron chi connectivity index (χ3n) is 3.71. The fourth-order valence-corrected chi connectivity index (χ4v) is 2.98. The van der Waals surface area contributed by atoms with Crippen molar-refractivity contribution in [2.75, 3.05) is 20.1 Å². The Labute approximate surface area is 133 Å². The van der Waals surface area contributed by atoms with Crippen molar-refractivity contribution in [3.8, 4) is 0 Å². The minimum atomic E-state index is 0.733. The van der Waals surface area contributed by atoms with Gasteiger partial charge < -0.3 is 10.6 Å². The predicted molar refractivity (Wildman–Crippen MR) is 93.2 cm³/mol. The van der Waals surface area contributed by atoms with Crippen molar-refractivity contribution >= 4 is 17.3 Å². The van der Waals surface area contributed by atoms with Crippen LogP contribution in [-0.2, 0) is 6.42 Å². The van der Waals surface area contributed by atoms with E-state index < -0.39 is 0 Å². The predicted octanol–water partition coefficient (Wildman–Crippen LogP) is 3.38. The molecule has 2 N–H and O–H groups in total. The summed E-state index contributed by atoms with van der Waals surface area (Å²) in [4.78, 5) is 8.76. The summed E-state index contributed by atoms with van der Waals surface area (Å²) in [5.74, 6) is 1.66. The van der Waals surface area contributed by atoms with E-state index in [0.717, 1.165) is 43.5 Å². The van der Waals surface area contributed by atoms with E-state index in [4.69, 9.17) is 0 Å². The third-order valence-corrected chi connectivity index (χ3v) is 4.74. The van der Waals surface area contributed by atoms with Crippen molar-refractivity contribution in [3.63, 3.8) is 0 Å². The molecule has 0 aliphatic carbocycles. The van der Waals surface area contributed by atoms with E-state index in [2.05, 4.69) is 46.8 Å². The van der Waals surface area contributed by atoms with Crippen LogP contribution in [-0.4, -0.2) is 31.1 Å². The maximum atomic E-state index is 4.49. The van der Waals surface area contributed by atoms with Gasteiger partial charge in [0.2, 0.25) is 0 Å². The van der Waals surface area contributed by atoms with Crippen LogP contribution in [0.2, 0.25) is 0 Å². The van der Waals surface area contributed by atoms with E-state index in [1.807, 2.05) is 7.05 Å². The zero-order chi connectivity index (χ0) is 15.5. The Bertz CT molecular complexity index is 410. The SMILES string of the molecule is CCC(CC)CNC(=NC)NCCCCc1nc(C)cs1. The number of nitrogens with zero attached hydrogens (tertiary/aromatic N) is 2. The monoisotopic (exact) mass is 310 g/mol. The molecule has 120 valence electrons. The molecule has 0 spiro atoms. The molecule has 0 aromatic carbocycles. The van der Waals surface area contributed by atoms with Gasteiger partial charge in [0.25, 0.3) is 0 Å².